The van der Waals surface area contributed by atoms with Crippen LogP contribution < -0.4 is 10.6 Å². The molecule has 1 aliphatic rings. The summed E-state index contributed by atoms with van der Waals surface area (Å²) in [5, 5.41) is 6.56. The minimum Gasteiger partial charge on any atom is -0.468 e. The molecule has 0 aliphatic heterocycles. The molecule has 1 aliphatic carbocycles. The molecule has 0 amide bonds. The Morgan fingerprint density at radius 1 is 1.27 bits per heavy atom. The van der Waals surface area contributed by atoms with Crippen molar-refractivity contribution in [1.29, 1.82) is 0 Å². The Hall–Kier alpha value is -1.08. The molecule has 1 atom stereocenters. The second-order valence-electron chi connectivity index (χ2n) is 2.86. The van der Waals surface area contributed by atoms with Gasteiger partial charge in [0.25, 0.3) is 0 Å². The van der Waals surface area contributed by atoms with Crippen LogP contribution in [0.4, 0.5) is 0 Å². The summed E-state index contributed by atoms with van der Waals surface area (Å²) in [6.45, 7) is 0. The third-order valence-electron chi connectivity index (χ3n) is 2.28. The first kappa shape index (κ1) is 9.92. The quantitative estimate of drug-likeness (QED) is 0.670. The van der Waals surface area contributed by atoms with E-state index in [9.17, 15) is 0 Å². The molecule has 0 heterocycles. The monoisotopic (exact) mass is 403 g/mol. The van der Waals surface area contributed by atoms with E-state index in [1.165, 1.54) is 31.7 Å². The van der Waals surface area contributed by atoms with Crippen LogP contribution in [0.15, 0.2) is 0 Å². The van der Waals surface area contributed by atoms with Crippen LogP contribution in [-0.4, -0.2) is 20.1 Å². The van der Waals surface area contributed by atoms with Crippen molar-refractivity contribution in [2.24, 2.45) is 0 Å². The van der Waals surface area contributed by atoms with Gasteiger partial charge in [-0.25, -0.2) is 6.04 Å². The SMILES string of the molecule is CN[C-]1CCCC[C@H]1NC.[Lr]. The molecule has 1 radical (unpaired) electrons. The van der Waals surface area contributed by atoms with Gasteiger partial charge >= 0.3 is 0 Å². The van der Waals surface area contributed by atoms with Crippen molar-refractivity contribution in [1.82, 2.24) is 10.6 Å². The van der Waals surface area contributed by atoms with E-state index < -0.39 is 0 Å². The number of rotatable bonds is 2. The molecule has 2 N–H and O–H groups in total. The molecule has 75 valence electrons. The fourth-order valence-corrected chi connectivity index (χ4v) is 1.63. The smallest absolute Gasteiger partial charge is 0 e. The Morgan fingerprint density at radius 3 is 2.45 bits per heavy atom. The fourth-order valence-electron chi connectivity index (χ4n) is 1.63. The molecule has 0 aromatic carbocycles. The zero-order valence-corrected chi connectivity index (χ0v) is 9.31. The van der Waals surface area contributed by atoms with E-state index in [1.807, 2.05) is 14.1 Å². The summed E-state index contributed by atoms with van der Waals surface area (Å²) in [6, 6.07) is 2.10. The van der Waals surface area contributed by atoms with Crippen molar-refractivity contribution in [3.63, 3.8) is 0 Å². The van der Waals surface area contributed by atoms with Gasteiger partial charge in [-0.2, -0.15) is 6.42 Å². The fraction of sp³-hybridized carbons (Fsp3) is 0.875. The summed E-state index contributed by atoms with van der Waals surface area (Å²) in [4.78, 5) is 0. The van der Waals surface area contributed by atoms with Crippen molar-refractivity contribution in [2.75, 3.05) is 14.1 Å². The number of hydrogen-bond acceptors (Lipinski definition) is 2. The van der Waals surface area contributed by atoms with Gasteiger partial charge in [-0.1, -0.05) is 19.3 Å². The van der Waals surface area contributed by atoms with Gasteiger partial charge in [0.05, 0.1) is 0 Å². The van der Waals surface area contributed by atoms with Crippen LogP contribution in [0.25, 0.3) is 0 Å². The molecule has 11 heavy (non-hydrogen) atoms. The first-order chi connectivity index (χ1) is 4.88. The minimum atomic E-state index is 0. The molecule has 0 saturated heterocycles. The average Bonchev–Trinajstić information content (AvgIpc) is 2.04. The van der Waals surface area contributed by atoms with Crippen LogP contribution in [0.5, 0.6) is 0 Å². The van der Waals surface area contributed by atoms with Gasteiger partial charge in [0.15, 0.2) is 0 Å². The summed E-state index contributed by atoms with van der Waals surface area (Å²) in [5.41, 5.74) is 0. The minimum absolute atomic E-state index is 0. The van der Waals surface area contributed by atoms with E-state index in [2.05, 4.69) is 10.6 Å². The van der Waals surface area contributed by atoms with Crippen LogP contribution in [0.2, 0.25) is 0 Å². The van der Waals surface area contributed by atoms with E-state index in [1.54, 1.807) is 0 Å². The Kier molecular flexibility index (Phi) is 4.23. The molecular formula is C8H17LrN2-. The third-order valence-corrected chi connectivity index (χ3v) is 2.28. The van der Waals surface area contributed by atoms with E-state index >= 15 is 0 Å². The van der Waals surface area contributed by atoms with E-state index in [4.69, 9.17) is 0 Å². The largest absolute Gasteiger partial charge is 0.468 e. The van der Waals surface area contributed by atoms with Crippen molar-refractivity contribution >= 4 is 0 Å². The topological polar surface area (TPSA) is 24.1 Å². The Balaban J connectivity index is 0.000001000. The van der Waals surface area contributed by atoms with Crippen molar-refractivity contribution in [2.45, 2.75) is 31.7 Å². The maximum atomic E-state index is 3.31. The van der Waals surface area contributed by atoms with Crippen LogP contribution in [0.3, 0.4) is 0 Å². The second kappa shape index (κ2) is 4.69. The molecule has 0 aromatic rings. The molecule has 2 nitrogen and oxygen atoms in total. The normalized spacial score (nSPS) is 26.2. The Labute approximate surface area is 63.4 Å². The maximum Gasteiger partial charge on any atom is 0 e. The van der Waals surface area contributed by atoms with Gasteiger partial charge in [0, 0.05) is 0 Å². The Bertz CT molecular complexity index is 86.1. The molecule has 1 rings (SSSR count). The van der Waals surface area contributed by atoms with Crippen molar-refractivity contribution in [3.05, 3.63) is 6.04 Å². The van der Waals surface area contributed by atoms with Gasteiger partial charge in [-0.3, -0.25) is 0 Å². The zero-order valence-electron chi connectivity index (χ0n) is 7.16. The Morgan fingerprint density at radius 2 is 2.00 bits per heavy atom. The van der Waals surface area contributed by atoms with Gasteiger partial charge in [-0.15, -0.1) is 6.04 Å². The molecule has 0 unspecified atom stereocenters. The summed E-state index contributed by atoms with van der Waals surface area (Å²) in [6.07, 6.45) is 5.28. The van der Waals surface area contributed by atoms with Crippen LogP contribution in [-0.2, 0) is 0 Å². The first-order valence-corrected chi connectivity index (χ1v) is 4.09. The number of nitrogens with one attached hydrogen (secondary N) is 2. The number of likely N-dealkylation sites (N-methyl/N-ethyl adjacent to an activating group) is 2. The summed E-state index contributed by atoms with van der Waals surface area (Å²) < 4.78 is 0. The molecule has 1 fully saturated rings. The molecule has 0 spiro atoms. The first-order valence-electron chi connectivity index (χ1n) is 4.09. The standard InChI is InChI=1S/C8H17N2.Lr/c1-9-7-5-3-4-6-8(7)10-2;/h7,9-10H,3-6H2,1-2H3;/q-1;/t7-;/m1./s1. The zero-order chi connectivity index (χ0) is 7.40. The summed E-state index contributed by atoms with van der Waals surface area (Å²) >= 11 is 0. The predicted octanol–water partition coefficient (Wildman–Crippen LogP) is 0.900. The van der Waals surface area contributed by atoms with E-state index in [0.29, 0.717) is 6.04 Å². The maximum absolute atomic E-state index is 3.31. The van der Waals surface area contributed by atoms with Gasteiger partial charge in [-0.05, 0) is 14.1 Å². The van der Waals surface area contributed by atoms with Crippen molar-refractivity contribution in [3.8, 4) is 0 Å². The molecular weight excluding hydrogens is 386 g/mol. The van der Waals surface area contributed by atoms with Gasteiger partial charge in [0.2, 0.25) is 0 Å². The second-order valence-corrected chi connectivity index (χ2v) is 2.86. The van der Waals surface area contributed by atoms with Crippen LogP contribution >= 0.6 is 0 Å². The van der Waals surface area contributed by atoms with Gasteiger partial charge in [0.1, 0.15) is 0 Å². The van der Waals surface area contributed by atoms with E-state index in [0.717, 1.165) is 0 Å². The molecule has 0 bridgehead atoms. The van der Waals surface area contributed by atoms with Crippen LogP contribution in [0, 0.1) is 6.04 Å². The van der Waals surface area contributed by atoms with Crippen LogP contribution in [0.1, 0.15) is 25.7 Å². The van der Waals surface area contributed by atoms with Crippen molar-refractivity contribution < 1.29 is 0 Å². The summed E-state index contributed by atoms with van der Waals surface area (Å²) in [5.74, 6) is 0. The predicted molar refractivity (Wildman–Crippen MR) is 43.6 cm³/mol. The summed E-state index contributed by atoms with van der Waals surface area (Å²) in [7, 11) is 4.05. The molecule has 3 heteroatoms. The van der Waals surface area contributed by atoms with Gasteiger partial charge < -0.3 is 10.6 Å². The van der Waals surface area contributed by atoms with E-state index in [-0.39, 0.29) is 0 Å². The average molecular weight is 403 g/mol. The third kappa shape index (κ3) is 2.20. The molecule has 0 aromatic heterocycles. The molecule has 1 saturated carbocycles. The number of hydrogen-bond donors (Lipinski definition) is 2.